The maximum Gasteiger partial charge on any atom is 0.258 e. The van der Waals surface area contributed by atoms with Crippen LogP contribution in [0.25, 0.3) is 5.82 Å². The molecule has 1 aromatic carbocycles. The van der Waals surface area contributed by atoms with Crippen molar-refractivity contribution >= 4 is 17.3 Å². The van der Waals surface area contributed by atoms with Crippen LogP contribution in [0.3, 0.4) is 0 Å². The zero-order chi connectivity index (χ0) is 18.1. The van der Waals surface area contributed by atoms with Gasteiger partial charge in [0.1, 0.15) is 12.7 Å². The minimum Gasteiger partial charge on any atom is -0.373 e. The molecule has 7 heteroatoms. The van der Waals surface area contributed by atoms with Gasteiger partial charge in [0.05, 0.1) is 11.4 Å². The molecule has 0 fully saturated rings. The van der Waals surface area contributed by atoms with Crippen molar-refractivity contribution in [3.8, 4) is 5.82 Å². The standard InChI is InChI=1S/C19H20N6O/c1-14-8-10-23(2)16-5-3-4-6-17(16)25(14)19(26)15-7-9-21-18(11-15)24-13-20-12-22-24/h3-7,9,11-14H,8,10H2,1-2H3. The van der Waals surface area contributed by atoms with Crippen LogP contribution < -0.4 is 9.80 Å². The van der Waals surface area contributed by atoms with E-state index in [-0.39, 0.29) is 11.9 Å². The first-order chi connectivity index (χ1) is 12.6. The van der Waals surface area contributed by atoms with Crippen LogP contribution in [0.4, 0.5) is 11.4 Å². The Morgan fingerprint density at radius 3 is 2.77 bits per heavy atom. The Labute approximate surface area is 151 Å². The summed E-state index contributed by atoms with van der Waals surface area (Å²) in [7, 11) is 2.06. The molecule has 132 valence electrons. The molecule has 3 heterocycles. The van der Waals surface area contributed by atoms with Gasteiger partial charge in [-0.1, -0.05) is 12.1 Å². The third-order valence-corrected chi connectivity index (χ3v) is 4.74. The number of aromatic nitrogens is 4. The summed E-state index contributed by atoms with van der Waals surface area (Å²) in [5.74, 6) is 0.533. The van der Waals surface area contributed by atoms with Crippen molar-refractivity contribution in [3.63, 3.8) is 0 Å². The Kier molecular flexibility index (Phi) is 4.12. The highest BCUT2D eigenvalue weighted by atomic mass is 16.2. The lowest BCUT2D eigenvalue weighted by Crippen LogP contribution is -2.38. The minimum absolute atomic E-state index is 0.0379. The summed E-state index contributed by atoms with van der Waals surface area (Å²) in [6.45, 7) is 3.00. The Hall–Kier alpha value is -3.22. The van der Waals surface area contributed by atoms with Gasteiger partial charge < -0.3 is 9.80 Å². The van der Waals surface area contributed by atoms with Gasteiger partial charge in [-0.2, -0.15) is 5.10 Å². The zero-order valence-electron chi connectivity index (χ0n) is 14.8. The summed E-state index contributed by atoms with van der Waals surface area (Å²) in [6, 6.07) is 11.6. The summed E-state index contributed by atoms with van der Waals surface area (Å²) in [5, 5.41) is 4.09. The number of benzene rings is 1. The first-order valence-corrected chi connectivity index (χ1v) is 8.60. The van der Waals surface area contributed by atoms with E-state index >= 15 is 0 Å². The van der Waals surface area contributed by atoms with Crippen LogP contribution >= 0.6 is 0 Å². The maximum absolute atomic E-state index is 13.4. The zero-order valence-corrected chi connectivity index (χ0v) is 14.8. The largest absolute Gasteiger partial charge is 0.373 e. The van der Waals surface area contributed by atoms with Gasteiger partial charge in [0.25, 0.3) is 5.91 Å². The third-order valence-electron chi connectivity index (χ3n) is 4.74. The molecule has 4 rings (SSSR count). The quantitative estimate of drug-likeness (QED) is 0.712. The average molecular weight is 348 g/mol. The molecular weight excluding hydrogens is 328 g/mol. The number of carbonyl (C=O) groups is 1. The predicted molar refractivity (Wildman–Crippen MR) is 99.8 cm³/mol. The van der Waals surface area contributed by atoms with Crippen LogP contribution in [-0.4, -0.2) is 45.3 Å². The van der Waals surface area contributed by atoms with Gasteiger partial charge in [-0.05, 0) is 37.6 Å². The number of pyridine rings is 1. The molecule has 2 aromatic heterocycles. The number of hydrogen-bond donors (Lipinski definition) is 0. The monoisotopic (exact) mass is 348 g/mol. The minimum atomic E-state index is -0.0379. The van der Waals surface area contributed by atoms with Crippen molar-refractivity contribution in [2.45, 2.75) is 19.4 Å². The molecule has 0 aliphatic carbocycles. The molecule has 26 heavy (non-hydrogen) atoms. The maximum atomic E-state index is 13.4. The molecule has 3 aromatic rings. The molecule has 1 aliphatic heterocycles. The van der Waals surface area contributed by atoms with E-state index < -0.39 is 0 Å². The van der Waals surface area contributed by atoms with E-state index in [1.54, 1.807) is 29.3 Å². The van der Waals surface area contributed by atoms with Crippen LogP contribution in [0, 0.1) is 0 Å². The molecule has 0 spiro atoms. The van der Waals surface area contributed by atoms with Gasteiger partial charge in [-0.25, -0.2) is 14.6 Å². The Bertz CT molecular complexity index is 923. The fraction of sp³-hybridized carbons (Fsp3) is 0.263. The molecule has 1 unspecified atom stereocenters. The van der Waals surface area contributed by atoms with Crippen molar-refractivity contribution < 1.29 is 4.79 Å². The molecule has 0 N–H and O–H groups in total. The molecule has 0 radical (unpaired) electrons. The van der Waals surface area contributed by atoms with E-state index in [4.69, 9.17) is 0 Å². The van der Waals surface area contributed by atoms with Crippen LogP contribution in [0.15, 0.2) is 55.2 Å². The number of rotatable bonds is 2. The van der Waals surface area contributed by atoms with Gasteiger partial charge >= 0.3 is 0 Å². The van der Waals surface area contributed by atoms with Crippen LogP contribution in [0.1, 0.15) is 23.7 Å². The van der Waals surface area contributed by atoms with Gasteiger partial charge in [0.15, 0.2) is 5.82 Å². The second-order valence-electron chi connectivity index (χ2n) is 6.47. The Morgan fingerprint density at radius 1 is 1.19 bits per heavy atom. The highest BCUT2D eigenvalue weighted by Gasteiger charge is 2.29. The highest BCUT2D eigenvalue weighted by Crippen LogP contribution is 2.34. The molecular formula is C19H20N6O. The summed E-state index contributed by atoms with van der Waals surface area (Å²) >= 11 is 0. The normalized spacial score (nSPS) is 16.9. The van der Waals surface area contributed by atoms with E-state index in [0.717, 1.165) is 24.3 Å². The van der Waals surface area contributed by atoms with E-state index in [2.05, 4.69) is 40.0 Å². The van der Waals surface area contributed by atoms with E-state index in [9.17, 15) is 4.79 Å². The van der Waals surface area contributed by atoms with Gasteiger partial charge in [-0.15, -0.1) is 0 Å². The lowest BCUT2D eigenvalue weighted by molar-refractivity contribution is 0.0978. The van der Waals surface area contributed by atoms with Crippen LogP contribution in [0.5, 0.6) is 0 Å². The third kappa shape index (κ3) is 2.81. The van der Waals surface area contributed by atoms with E-state index in [0.29, 0.717) is 11.4 Å². The Balaban J connectivity index is 1.76. The van der Waals surface area contributed by atoms with Crippen molar-refractivity contribution in [2.24, 2.45) is 0 Å². The lowest BCUT2D eigenvalue weighted by atomic mass is 10.1. The summed E-state index contributed by atoms with van der Waals surface area (Å²) in [6.07, 6.45) is 5.54. The van der Waals surface area contributed by atoms with Gasteiger partial charge in [-0.3, -0.25) is 4.79 Å². The van der Waals surface area contributed by atoms with Crippen molar-refractivity contribution in [2.75, 3.05) is 23.4 Å². The van der Waals surface area contributed by atoms with E-state index in [1.807, 2.05) is 23.1 Å². The number of carbonyl (C=O) groups excluding carboxylic acids is 1. The topological polar surface area (TPSA) is 67.2 Å². The number of amides is 1. The smallest absolute Gasteiger partial charge is 0.258 e. The van der Waals surface area contributed by atoms with Crippen LogP contribution in [0.2, 0.25) is 0 Å². The number of para-hydroxylation sites is 2. The lowest BCUT2D eigenvalue weighted by Gasteiger charge is -2.28. The number of nitrogens with zero attached hydrogens (tertiary/aromatic N) is 6. The van der Waals surface area contributed by atoms with Gasteiger partial charge in [0.2, 0.25) is 0 Å². The molecule has 0 bridgehead atoms. The van der Waals surface area contributed by atoms with Crippen molar-refractivity contribution in [3.05, 3.63) is 60.8 Å². The molecule has 1 aliphatic rings. The predicted octanol–water partition coefficient (Wildman–Crippen LogP) is 2.54. The molecule has 7 nitrogen and oxygen atoms in total. The fourth-order valence-electron chi connectivity index (χ4n) is 3.31. The summed E-state index contributed by atoms with van der Waals surface area (Å²) in [4.78, 5) is 25.7. The average Bonchev–Trinajstić information content (AvgIpc) is 3.18. The highest BCUT2D eigenvalue weighted by molar-refractivity contribution is 6.08. The first-order valence-electron chi connectivity index (χ1n) is 8.60. The first kappa shape index (κ1) is 16.3. The molecule has 0 saturated heterocycles. The van der Waals surface area contributed by atoms with Gasteiger partial charge in [0, 0.05) is 31.4 Å². The Morgan fingerprint density at radius 2 is 2.00 bits per heavy atom. The molecule has 1 amide bonds. The second kappa shape index (κ2) is 6.59. The van der Waals surface area contributed by atoms with Crippen molar-refractivity contribution in [1.82, 2.24) is 19.7 Å². The summed E-state index contributed by atoms with van der Waals surface area (Å²) in [5.41, 5.74) is 2.58. The SMILES string of the molecule is CC1CCN(C)c2ccccc2N1C(=O)c1ccnc(-n2cncn2)c1. The van der Waals surface area contributed by atoms with Crippen molar-refractivity contribution in [1.29, 1.82) is 0 Å². The number of fused-ring (bicyclic) bond motifs is 1. The second-order valence-corrected chi connectivity index (χ2v) is 6.47. The molecule has 0 saturated carbocycles. The number of hydrogen-bond acceptors (Lipinski definition) is 5. The summed E-state index contributed by atoms with van der Waals surface area (Å²) < 4.78 is 1.55. The fourth-order valence-corrected chi connectivity index (χ4v) is 3.31. The number of anilines is 2. The van der Waals surface area contributed by atoms with Crippen LogP contribution in [-0.2, 0) is 0 Å². The van der Waals surface area contributed by atoms with E-state index in [1.165, 1.54) is 6.33 Å². The molecule has 1 atom stereocenters.